The lowest BCUT2D eigenvalue weighted by Crippen LogP contribution is -2.18. The Labute approximate surface area is 306 Å². The Morgan fingerprint density at radius 3 is 1.72 bits per heavy atom. The van der Waals surface area contributed by atoms with Crippen molar-refractivity contribution in [3.05, 3.63) is 81.3 Å². The lowest BCUT2D eigenvalue weighted by Gasteiger charge is -2.09. The van der Waals surface area contributed by atoms with Crippen LogP contribution in [-0.2, 0) is 35.8 Å². The summed E-state index contributed by atoms with van der Waals surface area (Å²) in [5.74, 6) is 0.348. The molecule has 7 N–H and O–H groups in total. The number of rotatable bonds is 15. The number of aromatic nitrogens is 8. The number of imidazole rings is 2. The zero-order valence-corrected chi connectivity index (χ0v) is 28.4. The van der Waals surface area contributed by atoms with E-state index in [1.807, 2.05) is 48.5 Å². The molecule has 0 aliphatic heterocycles. The van der Waals surface area contributed by atoms with Gasteiger partial charge in [-0.3, -0.25) is 9.13 Å². The van der Waals surface area contributed by atoms with Crippen LogP contribution < -0.4 is 31.4 Å². The highest BCUT2D eigenvalue weighted by Crippen LogP contribution is 2.26. The number of fused-ring (bicyclic) bond motifs is 2. The third-order valence-corrected chi connectivity index (χ3v) is 7.45. The van der Waals surface area contributed by atoms with Gasteiger partial charge in [-0.05, 0) is 22.3 Å². The molecular weight excluding hydrogens is 688 g/mol. The molecule has 18 nitrogen and oxygen atoms in total. The van der Waals surface area contributed by atoms with Gasteiger partial charge in [0.15, 0.2) is 28.4 Å². The van der Waals surface area contributed by atoms with Crippen LogP contribution in [0.4, 0.5) is 11.6 Å². The lowest BCUT2D eigenvalue weighted by molar-refractivity contribution is 0.141. The Kier molecular flexibility index (Phi) is 15.5. The number of methoxy groups -OCH3 is 3. The molecule has 18 heteroatoms. The largest absolute Gasteiger partial charge is 0.468 e. The van der Waals surface area contributed by atoms with Gasteiger partial charge in [0.05, 0.1) is 46.6 Å². The van der Waals surface area contributed by atoms with Gasteiger partial charge in [-0.1, -0.05) is 63.4 Å². The Hall–Kier alpha value is -5.82. The van der Waals surface area contributed by atoms with E-state index >= 15 is 0 Å². The minimum atomic E-state index is -0.348. The normalized spacial score (nSPS) is 10.7. The topological polar surface area (TPSA) is 246 Å². The van der Waals surface area contributed by atoms with Crippen LogP contribution in [-0.4, -0.2) is 97.0 Å². The highest BCUT2D eigenvalue weighted by atomic mass is 16.5. The first-order valence-corrected chi connectivity index (χ1v) is 15.7. The summed E-state index contributed by atoms with van der Waals surface area (Å²) >= 11 is 0. The first-order chi connectivity index (χ1) is 24.8. The molecule has 0 fully saturated rings. The molecule has 0 atom stereocenters. The van der Waals surface area contributed by atoms with Gasteiger partial charge in [0.25, 0.3) is 6.01 Å². The molecule has 0 bridgehead atoms. The van der Waals surface area contributed by atoms with Crippen LogP contribution in [0.1, 0.15) is 37.1 Å². The first kappa shape index (κ1) is 41.6. The second-order valence-corrected chi connectivity index (χ2v) is 11.0. The van der Waals surface area contributed by atoms with Crippen LogP contribution in [0.3, 0.4) is 0 Å². The predicted octanol–water partition coefficient (Wildman–Crippen LogP) is 2.52. The van der Waals surface area contributed by atoms with Crippen molar-refractivity contribution in [3.8, 4) is 18.0 Å². The standard InChI is InChI=1S/C17H21N5O4.C16H19N5O4.2CH4/c1-24-6-7-26-16-20-14(18)13-15(21-16)22(17(19-13)25-2)9-11-4-3-5-12(8-11)10-23;1-24-5-6-25-15-19-13(17)12-14(20-15)21(16(23)18-12)8-10-3-2-4-11(7-10)9-22;;/h3-5,8,23H,6-7,9-10H2,1-2H3,(H2,18,20,21);2-4,7,22H,5-6,8-9H2,1H3,(H,18,23)(H2,17,19,20);2*1H4. The van der Waals surface area contributed by atoms with Crippen molar-refractivity contribution in [3.63, 3.8) is 0 Å². The van der Waals surface area contributed by atoms with Gasteiger partial charge in [0, 0.05) is 14.2 Å². The van der Waals surface area contributed by atoms with Gasteiger partial charge in [0.1, 0.15) is 18.7 Å². The number of aliphatic hydroxyl groups is 2. The quantitative estimate of drug-likeness (QED) is 0.0951. The summed E-state index contributed by atoms with van der Waals surface area (Å²) in [6.07, 6.45) is 0. The molecule has 0 saturated carbocycles. The van der Waals surface area contributed by atoms with E-state index in [1.165, 1.54) is 11.7 Å². The molecule has 0 spiro atoms. The number of nitrogens with two attached hydrogens (primary N) is 2. The van der Waals surface area contributed by atoms with Crippen molar-refractivity contribution in [2.45, 2.75) is 41.2 Å². The number of nitrogens with one attached hydrogen (secondary N) is 1. The van der Waals surface area contributed by atoms with Crippen LogP contribution in [0.15, 0.2) is 53.3 Å². The number of H-pyrrole nitrogens is 1. The van der Waals surface area contributed by atoms with Crippen molar-refractivity contribution in [2.75, 3.05) is 59.2 Å². The van der Waals surface area contributed by atoms with Crippen molar-refractivity contribution in [1.82, 2.24) is 39.0 Å². The number of nitrogen functional groups attached to an aromatic ring is 2. The van der Waals surface area contributed by atoms with E-state index in [-0.39, 0.29) is 70.6 Å². The van der Waals surface area contributed by atoms with Gasteiger partial charge in [-0.25, -0.2) is 4.79 Å². The average molecular weight is 737 g/mol. The number of nitrogens with zero attached hydrogens (tertiary/aromatic N) is 7. The molecule has 0 radical (unpaired) electrons. The van der Waals surface area contributed by atoms with Gasteiger partial charge in [0.2, 0.25) is 0 Å². The molecule has 0 aliphatic carbocycles. The Morgan fingerprint density at radius 1 is 0.679 bits per heavy atom. The van der Waals surface area contributed by atoms with Gasteiger partial charge in [-0.2, -0.15) is 24.9 Å². The van der Waals surface area contributed by atoms with E-state index in [0.717, 1.165) is 22.3 Å². The molecular formula is C35H48N10O8. The Bertz CT molecular complexity index is 2130. The molecule has 6 aromatic rings. The number of aliphatic hydroxyl groups excluding tert-OH is 2. The number of anilines is 2. The maximum Gasteiger partial charge on any atom is 0.328 e. The summed E-state index contributed by atoms with van der Waals surface area (Å²) < 4.78 is 29.4. The summed E-state index contributed by atoms with van der Waals surface area (Å²) in [5.41, 5.74) is 16.7. The SMILES string of the molecule is C.C.COCCOc1nc(N)c2[nH]c(=O)n(Cc3cccc(CO)c3)c2n1.COCCOc1nc(N)c2nc(OC)n(Cc3cccc(CO)c3)c2n1. The second kappa shape index (κ2) is 19.7. The molecule has 0 unspecified atom stereocenters. The minimum Gasteiger partial charge on any atom is -0.468 e. The monoisotopic (exact) mass is 736 g/mol. The summed E-state index contributed by atoms with van der Waals surface area (Å²) in [5, 5.41) is 18.6. The third kappa shape index (κ3) is 10.2. The van der Waals surface area contributed by atoms with E-state index in [1.54, 1.807) is 18.8 Å². The number of hydrogen-bond donors (Lipinski definition) is 5. The zero-order chi connectivity index (χ0) is 36.3. The number of aromatic amines is 1. The van der Waals surface area contributed by atoms with E-state index in [2.05, 4.69) is 29.9 Å². The molecule has 2 aromatic carbocycles. The predicted molar refractivity (Wildman–Crippen MR) is 200 cm³/mol. The van der Waals surface area contributed by atoms with Crippen LogP contribution in [0.2, 0.25) is 0 Å². The van der Waals surface area contributed by atoms with Crippen LogP contribution in [0.5, 0.6) is 18.0 Å². The molecule has 53 heavy (non-hydrogen) atoms. The maximum atomic E-state index is 12.3. The summed E-state index contributed by atoms with van der Waals surface area (Å²) in [7, 11) is 4.68. The van der Waals surface area contributed by atoms with Crippen molar-refractivity contribution in [1.29, 1.82) is 0 Å². The smallest absolute Gasteiger partial charge is 0.328 e. The first-order valence-electron chi connectivity index (χ1n) is 15.7. The Morgan fingerprint density at radius 2 is 1.19 bits per heavy atom. The van der Waals surface area contributed by atoms with E-state index in [9.17, 15) is 15.0 Å². The molecule has 0 amide bonds. The average Bonchev–Trinajstić information content (AvgIpc) is 3.65. The van der Waals surface area contributed by atoms with Crippen LogP contribution in [0, 0.1) is 0 Å². The van der Waals surface area contributed by atoms with Crippen LogP contribution in [0.25, 0.3) is 22.3 Å². The fourth-order valence-electron chi connectivity index (χ4n) is 5.04. The number of benzene rings is 2. The highest BCUT2D eigenvalue weighted by molar-refractivity contribution is 5.83. The van der Waals surface area contributed by atoms with E-state index in [0.29, 0.717) is 54.7 Å². The maximum absolute atomic E-state index is 12.3. The fourth-order valence-corrected chi connectivity index (χ4v) is 5.04. The molecule has 4 aromatic heterocycles. The van der Waals surface area contributed by atoms with E-state index in [4.69, 9.17) is 35.2 Å². The minimum absolute atomic E-state index is 0. The molecule has 0 saturated heterocycles. The molecule has 4 heterocycles. The fraction of sp³-hybridized carbons (Fsp3) is 0.371. The summed E-state index contributed by atoms with van der Waals surface area (Å²) in [4.78, 5) is 36.2. The molecule has 6 rings (SSSR count). The van der Waals surface area contributed by atoms with Gasteiger partial charge in [-0.15, -0.1) is 0 Å². The van der Waals surface area contributed by atoms with Gasteiger partial charge < -0.3 is 50.3 Å². The number of hydrogen-bond acceptors (Lipinski definition) is 15. The molecule has 0 aliphatic rings. The highest BCUT2D eigenvalue weighted by Gasteiger charge is 2.19. The van der Waals surface area contributed by atoms with Crippen molar-refractivity contribution >= 4 is 34.0 Å². The number of ether oxygens (including phenoxy) is 5. The van der Waals surface area contributed by atoms with E-state index < -0.39 is 0 Å². The molecule has 286 valence electrons. The van der Waals surface area contributed by atoms with Crippen molar-refractivity contribution in [2.24, 2.45) is 0 Å². The lowest BCUT2D eigenvalue weighted by atomic mass is 10.1. The zero-order valence-electron chi connectivity index (χ0n) is 28.4. The summed E-state index contributed by atoms with van der Waals surface area (Å²) in [6, 6.07) is 15.5. The Balaban J connectivity index is 0.000000275. The van der Waals surface area contributed by atoms with Gasteiger partial charge >= 0.3 is 17.7 Å². The summed E-state index contributed by atoms with van der Waals surface area (Å²) in [6.45, 7) is 2.01. The van der Waals surface area contributed by atoms with Crippen molar-refractivity contribution < 1.29 is 33.9 Å². The third-order valence-electron chi connectivity index (χ3n) is 7.45. The second-order valence-electron chi connectivity index (χ2n) is 11.0. The van der Waals surface area contributed by atoms with Crippen LogP contribution >= 0.6 is 0 Å².